The average Bonchev–Trinajstić information content (AvgIpc) is 3.23. The second-order valence-electron chi connectivity index (χ2n) is 8.72. The van der Waals surface area contributed by atoms with Crippen LogP contribution in [0.1, 0.15) is 54.6 Å². The normalized spacial score (nSPS) is 15.5. The van der Waals surface area contributed by atoms with Crippen LogP contribution in [0.4, 0.5) is 0 Å². The number of carbonyl (C=O) groups is 1. The van der Waals surface area contributed by atoms with Crippen molar-refractivity contribution in [3.05, 3.63) is 45.2 Å². The summed E-state index contributed by atoms with van der Waals surface area (Å²) in [5.74, 6) is 1.16. The van der Waals surface area contributed by atoms with Gasteiger partial charge >= 0.3 is 0 Å². The number of thiazole rings is 1. The van der Waals surface area contributed by atoms with E-state index in [1.807, 2.05) is 34.7 Å². The number of hydrogen-bond donors (Lipinski definition) is 0. The number of nitrogens with zero attached hydrogens (tertiary/aromatic N) is 4. The summed E-state index contributed by atoms with van der Waals surface area (Å²) < 4.78 is 3.23. The number of aryl methyl sites for hydroxylation is 1. The first-order valence-electron chi connectivity index (χ1n) is 10.7. The standard InChI is InChI=1S/C23H29ClN4OS/c1-14(2)13-28-16(4)19(15(3)26-28)12-22(29)27-9-7-17(8-10-27)23-25-20-11-18(24)5-6-21(20)30-23/h5-6,11,14,17H,7-10,12-13H2,1-4H3. The van der Waals surface area contributed by atoms with Crippen LogP contribution in [0.2, 0.25) is 5.02 Å². The van der Waals surface area contributed by atoms with Crippen molar-refractivity contribution in [2.75, 3.05) is 13.1 Å². The Morgan fingerprint density at radius 1 is 1.27 bits per heavy atom. The van der Waals surface area contributed by atoms with Gasteiger partial charge in [0.05, 0.1) is 27.3 Å². The lowest BCUT2D eigenvalue weighted by atomic mass is 9.97. The molecule has 0 bridgehead atoms. The van der Waals surface area contributed by atoms with Crippen molar-refractivity contribution >= 4 is 39.1 Å². The largest absolute Gasteiger partial charge is 0.342 e. The molecule has 1 amide bonds. The Bertz CT molecular complexity index is 1060. The molecule has 0 unspecified atom stereocenters. The monoisotopic (exact) mass is 444 g/mol. The van der Waals surface area contributed by atoms with Gasteiger partial charge in [0.15, 0.2) is 0 Å². The van der Waals surface area contributed by atoms with Crippen molar-refractivity contribution in [2.24, 2.45) is 5.92 Å². The highest BCUT2D eigenvalue weighted by Crippen LogP contribution is 2.35. The highest BCUT2D eigenvalue weighted by atomic mass is 35.5. The second-order valence-corrected chi connectivity index (χ2v) is 10.2. The van der Waals surface area contributed by atoms with Crippen LogP contribution in [-0.4, -0.2) is 38.7 Å². The first kappa shape index (κ1) is 21.3. The zero-order valence-electron chi connectivity index (χ0n) is 18.1. The Balaban J connectivity index is 1.39. The minimum atomic E-state index is 0.208. The third-order valence-electron chi connectivity index (χ3n) is 5.96. The molecule has 0 spiro atoms. The van der Waals surface area contributed by atoms with E-state index in [-0.39, 0.29) is 5.91 Å². The number of benzene rings is 1. The van der Waals surface area contributed by atoms with Crippen molar-refractivity contribution in [3.8, 4) is 0 Å². The minimum Gasteiger partial charge on any atom is -0.342 e. The lowest BCUT2D eigenvalue weighted by molar-refractivity contribution is -0.131. The molecule has 2 aromatic heterocycles. The van der Waals surface area contributed by atoms with Crippen molar-refractivity contribution in [3.63, 3.8) is 0 Å². The first-order chi connectivity index (χ1) is 14.3. The van der Waals surface area contributed by atoms with Gasteiger partial charge in [-0.2, -0.15) is 5.10 Å². The Kier molecular flexibility index (Phi) is 6.16. The van der Waals surface area contributed by atoms with Crippen LogP contribution >= 0.6 is 22.9 Å². The molecule has 1 aromatic carbocycles. The van der Waals surface area contributed by atoms with Crippen LogP contribution in [0.15, 0.2) is 18.2 Å². The van der Waals surface area contributed by atoms with Crippen molar-refractivity contribution < 1.29 is 4.79 Å². The fourth-order valence-electron chi connectivity index (χ4n) is 4.25. The van der Waals surface area contributed by atoms with E-state index < -0.39 is 0 Å². The van der Waals surface area contributed by atoms with Gasteiger partial charge in [-0.15, -0.1) is 11.3 Å². The summed E-state index contributed by atoms with van der Waals surface area (Å²) in [4.78, 5) is 19.8. The van der Waals surface area contributed by atoms with Gasteiger partial charge in [0.1, 0.15) is 0 Å². The molecule has 0 N–H and O–H groups in total. The fraction of sp³-hybridized carbons (Fsp3) is 0.522. The highest BCUT2D eigenvalue weighted by Gasteiger charge is 2.27. The molecule has 5 nitrogen and oxygen atoms in total. The van der Waals surface area contributed by atoms with E-state index in [2.05, 4.69) is 25.9 Å². The van der Waals surface area contributed by atoms with E-state index in [0.29, 0.717) is 18.3 Å². The van der Waals surface area contributed by atoms with Crippen LogP contribution in [-0.2, 0) is 17.8 Å². The molecular weight excluding hydrogens is 416 g/mol. The molecule has 30 heavy (non-hydrogen) atoms. The van der Waals surface area contributed by atoms with Gasteiger partial charge in [-0.3, -0.25) is 9.48 Å². The van der Waals surface area contributed by atoms with Crippen LogP contribution in [0.25, 0.3) is 10.2 Å². The summed E-state index contributed by atoms with van der Waals surface area (Å²) in [6.45, 7) is 10.9. The molecule has 1 fully saturated rings. The maximum absolute atomic E-state index is 13.0. The zero-order valence-corrected chi connectivity index (χ0v) is 19.7. The molecule has 1 aliphatic heterocycles. The van der Waals surface area contributed by atoms with E-state index in [1.54, 1.807) is 11.3 Å². The average molecular weight is 445 g/mol. The van der Waals surface area contributed by atoms with Crippen molar-refractivity contribution in [2.45, 2.75) is 59.4 Å². The van der Waals surface area contributed by atoms with Crippen LogP contribution in [0, 0.1) is 19.8 Å². The number of carbonyl (C=O) groups excluding carboxylic acids is 1. The van der Waals surface area contributed by atoms with Gasteiger partial charge in [0, 0.05) is 41.8 Å². The lowest BCUT2D eigenvalue weighted by Crippen LogP contribution is -2.38. The number of aromatic nitrogens is 3. The third kappa shape index (κ3) is 4.40. The summed E-state index contributed by atoms with van der Waals surface area (Å²) >= 11 is 7.85. The fourth-order valence-corrected chi connectivity index (χ4v) is 5.53. The van der Waals surface area contributed by atoms with Gasteiger partial charge in [-0.05, 0) is 50.8 Å². The molecular formula is C23H29ClN4OS. The number of amides is 1. The summed E-state index contributed by atoms with van der Waals surface area (Å²) in [5.41, 5.74) is 4.17. The zero-order chi connectivity index (χ0) is 21.4. The predicted molar refractivity (Wildman–Crippen MR) is 123 cm³/mol. The highest BCUT2D eigenvalue weighted by molar-refractivity contribution is 7.18. The molecule has 0 atom stereocenters. The van der Waals surface area contributed by atoms with E-state index in [0.717, 1.165) is 60.0 Å². The number of piperidine rings is 1. The van der Waals surface area contributed by atoms with E-state index in [9.17, 15) is 4.79 Å². The number of halogens is 1. The predicted octanol–water partition coefficient (Wildman–Crippen LogP) is 5.37. The van der Waals surface area contributed by atoms with E-state index in [4.69, 9.17) is 16.6 Å². The molecule has 7 heteroatoms. The summed E-state index contributed by atoms with van der Waals surface area (Å²) in [6.07, 6.45) is 2.37. The smallest absolute Gasteiger partial charge is 0.227 e. The molecule has 3 aromatic rings. The SMILES string of the molecule is Cc1nn(CC(C)C)c(C)c1CC(=O)N1CCC(c2nc3cc(Cl)ccc3s2)CC1. The lowest BCUT2D eigenvalue weighted by Gasteiger charge is -2.31. The van der Waals surface area contributed by atoms with Crippen molar-refractivity contribution in [1.29, 1.82) is 0 Å². The third-order valence-corrected chi connectivity index (χ3v) is 7.39. The molecule has 4 rings (SSSR count). The summed E-state index contributed by atoms with van der Waals surface area (Å²) in [5, 5.41) is 6.55. The number of likely N-dealkylation sites (tertiary alicyclic amines) is 1. The van der Waals surface area contributed by atoms with Gasteiger partial charge in [-0.25, -0.2) is 4.98 Å². The maximum Gasteiger partial charge on any atom is 0.227 e. The molecule has 3 heterocycles. The van der Waals surface area contributed by atoms with Gasteiger partial charge in [0.2, 0.25) is 5.91 Å². The molecule has 0 aliphatic carbocycles. The number of hydrogen-bond acceptors (Lipinski definition) is 4. The topological polar surface area (TPSA) is 51.0 Å². The van der Waals surface area contributed by atoms with Gasteiger partial charge < -0.3 is 4.90 Å². The molecule has 1 saturated heterocycles. The van der Waals surface area contributed by atoms with Gasteiger partial charge in [-0.1, -0.05) is 25.4 Å². The van der Waals surface area contributed by atoms with Crippen molar-refractivity contribution in [1.82, 2.24) is 19.7 Å². The van der Waals surface area contributed by atoms with Crippen LogP contribution in [0.5, 0.6) is 0 Å². The molecule has 160 valence electrons. The Hall–Kier alpha value is -1.92. The molecule has 0 radical (unpaired) electrons. The number of fused-ring (bicyclic) bond motifs is 1. The summed E-state index contributed by atoms with van der Waals surface area (Å²) in [6, 6.07) is 5.89. The second kappa shape index (κ2) is 8.67. The van der Waals surface area contributed by atoms with Gasteiger partial charge in [0.25, 0.3) is 0 Å². The summed E-state index contributed by atoms with van der Waals surface area (Å²) in [7, 11) is 0. The van der Waals surface area contributed by atoms with E-state index >= 15 is 0 Å². The Morgan fingerprint density at radius 3 is 2.70 bits per heavy atom. The maximum atomic E-state index is 13.0. The minimum absolute atomic E-state index is 0.208. The van der Waals surface area contributed by atoms with E-state index in [1.165, 1.54) is 9.71 Å². The first-order valence-corrected chi connectivity index (χ1v) is 11.9. The van der Waals surface area contributed by atoms with Crippen LogP contribution < -0.4 is 0 Å². The Labute approximate surface area is 187 Å². The van der Waals surface area contributed by atoms with Crippen LogP contribution in [0.3, 0.4) is 0 Å². The quantitative estimate of drug-likeness (QED) is 0.531. The molecule has 1 aliphatic rings. The Morgan fingerprint density at radius 2 is 2.00 bits per heavy atom. The molecule has 0 saturated carbocycles. The number of rotatable bonds is 5.